The Morgan fingerprint density at radius 2 is 1.03 bits per heavy atom. The maximum atomic E-state index is 12.3. The molecule has 0 aromatic heterocycles. The third-order valence-corrected chi connectivity index (χ3v) is 4.31. The summed E-state index contributed by atoms with van der Waals surface area (Å²) < 4.78 is 0. The fourth-order valence-corrected chi connectivity index (χ4v) is 2.48. The van der Waals surface area contributed by atoms with Gasteiger partial charge in [-0.3, -0.25) is 10.9 Å². The smallest absolute Gasteiger partial charge is 0.320 e. The summed E-state index contributed by atoms with van der Waals surface area (Å²) in [5.74, 6) is 20.9. The van der Waals surface area contributed by atoms with Crippen molar-refractivity contribution in [2.75, 3.05) is 10.6 Å². The van der Waals surface area contributed by atoms with E-state index in [4.69, 9.17) is 23.4 Å². The summed E-state index contributed by atoms with van der Waals surface area (Å²) >= 11 is 0. The maximum absolute atomic E-state index is 12.3. The third kappa shape index (κ3) is 7.66. The maximum Gasteiger partial charge on any atom is 0.323 e. The quantitative estimate of drug-likeness (QED) is 0.112. The van der Waals surface area contributed by atoms with Crippen LogP contribution in [-0.4, -0.2) is 29.4 Å². The molecule has 0 atom stereocenters. The minimum absolute atomic E-state index is 0.112. The Bertz CT molecular complexity index is 988. The Kier molecular flexibility index (Phi) is 9.58. The first-order chi connectivity index (χ1) is 16.4. The summed E-state index contributed by atoms with van der Waals surface area (Å²) in [5, 5.41) is 20.5. The molecule has 0 heterocycles. The summed E-state index contributed by atoms with van der Waals surface area (Å²) in [5.41, 5.74) is 13.9. The van der Waals surface area contributed by atoms with Crippen molar-refractivity contribution in [2.45, 2.75) is 13.8 Å². The molecule has 180 valence electrons. The Morgan fingerprint density at radius 1 is 0.676 bits per heavy atom. The van der Waals surface area contributed by atoms with Crippen LogP contribution < -0.4 is 55.7 Å². The molecule has 0 saturated heterocycles. The van der Waals surface area contributed by atoms with E-state index in [1.807, 2.05) is 0 Å². The minimum atomic E-state index is -0.393. The van der Waals surface area contributed by atoms with Crippen molar-refractivity contribution in [3.63, 3.8) is 0 Å². The van der Waals surface area contributed by atoms with Crippen LogP contribution in [0.1, 0.15) is 25.0 Å². The second kappa shape index (κ2) is 12.8. The zero-order valence-electron chi connectivity index (χ0n) is 18.6. The number of nitrogens with one attached hydrogen (secondary N) is 6. The van der Waals surface area contributed by atoms with Gasteiger partial charge in [0.1, 0.15) is 0 Å². The molecule has 0 spiro atoms. The Hall–Kier alpha value is -4.89. The predicted octanol–water partition coefficient (Wildman–Crippen LogP) is -0.656. The molecule has 2 amide bonds. The Balaban J connectivity index is 1.93. The summed E-state index contributed by atoms with van der Waals surface area (Å²) in [6.07, 6.45) is 0. The molecule has 0 unspecified atom stereocenters. The van der Waals surface area contributed by atoms with Gasteiger partial charge in [-0.15, -0.1) is 10.2 Å². The van der Waals surface area contributed by atoms with Crippen LogP contribution in [0.3, 0.4) is 0 Å². The van der Waals surface area contributed by atoms with Gasteiger partial charge in [-0.2, -0.15) is 10.2 Å². The number of nitrogens with two attached hydrogens (primary N) is 4. The van der Waals surface area contributed by atoms with Crippen molar-refractivity contribution in [1.29, 1.82) is 0 Å². The van der Waals surface area contributed by atoms with Gasteiger partial charge in [0.25, 0.3) is 0 Å². The molecular formula is C19H28N14O. The number of rotatable bonds is 6. The lowest BCUT2D eigenvalue weighted by atomic mass is 10.1. The van der Waals surface area contributed by atoms with Crippen molar-refractivity contribution in [3.05, 3.63) is 59.7 Å². The lowest BCUT2D eigenvalue weighted by Crippen LogP contribution is -2.40. The van der Waals surface area contributed by atoms with E-state index in [0.29, 0.717) is 22.8 Å². The van der Waals surface area contributed by atoms with Crippen LogP contribution in [0, 0.1) is 0 Å². The molecule has 2 aromatic rings. The molecule has 0 fully saturated rings. The fourth-order valence-electron chi connectivity index (χ4n) is 2.48. The highest BCUT2D eigenvalue weighted by molar-refractivity contribution is 6.03. The number of amides is 2. The van der Waals surface area contributed by atoms with Crippen molar-refractivity contribution >= 4 is 40.7 Å². The first-order valence-electron chi connectivity index (χ1n) is 9.78. The molecule has 0 bridgehead atoms. The minimum Gasteiger partial charge on any atom is -0.320 e. The highest BCUT2D eigenvalue weighted by Crippen LogP contribution is 2.13. The van der Waals surface area contributed by atoms with E-state index in [0.717, 1.165) is 11.1 Å². The van der Waals surface area contributed by atoms with E-state index in [1.54, 1.807) is 62.4 Å². The van der Waals surface area contributed by atoms with Crippen LogP contribution in [0.5, 0.6) is 0 Å². The molecule has 0 aliphatic heterocycles. The van der Waals surface area contributed by atoms with Gasteiger partial charge in [0.15, 0.2) is 0 Å². The average molecular weight is 469 g/mol. The SMILES string of the molecule is C/C(=N\N/C(=N\N)NN)c1ccc(NC(=O)Nc2ccc(/C(C)=N/N/C(=N\N)NN)cc2)cc1. The number of guanidine groups is 2. The highest BCUT2D eigenvalue weighted by Gasteiger charge is 2.05. The molecule has 0 radical (unpaired) electrons. The van der Waals surface area contributed by atoms with Gasteiger partial charge >= 0.3 is 6.03 Å². The number of hydrazone groups is 4. The molecule has 0 saturated carbocycles. The Morgan fingerprint density at radius 3 is 1.32 bits per heavy atom. The van der Waals surface area contributed by atoms with Crippen LogP contribution in [0.4, 0.5) is 16.2 Å². The number of hydrogen-bond acceptors (Lipinski definition) is 9. The van der Waals surface area contributed by atoms with E-state index in [9.17, 15) is 4.79 Å². The number of nitrogens with zero attached hydrogens (tertiary/aromatic N) is 4. The molecule has 0 aliphatic carbocycles. The van der Waals surface area contributed by atoms with Gasteiger partial charge in [0, 0.05) is 11.4 Å². The summed E-state index contributed by atoms with van der Waals surface area (Å²) in [6.45, 7) is 3.58. The van der Waals surface area contributed by atoms with E-state index in [-0.39, 0.29) is 11.9 Å². The zero-order chi connectivity index (χ0) is 24.9. The lowest BCUT2D eigenvalue weighted by molar-refractivity contribution is 0.262. The summed E-state index contributed by atoms with van der Waals surface area (Å²) in [6, 6.07) is 13.8. The molecule has 2 rings (SSSR count). The number of anilines is 2. The van der Waals surface area contributed by atoms with Gasteiger partial charge in [-0.1, -0.05) is 24.3 Å². The van der Waals surface area contributed by atoms with Crippen LogP contribution >= 0.6 is 0 Å². The molecular weight excluding hydrogens is 440 g/mol. The molecule has 14 N–H and O–H groups in total. The molecule has 2 aromatic carbocycles. The van der Waals surface area contributed by atoms with Crippen molar-refractivity contribution < 1.29 is 4.79 Å². The lowest BCUT2D eigenvalue weighted by Gasteiger charge is -2.10. The Labute approximate surface area is 195 Å². The number of carbonyl (C=O) groups is 1. The van der Waals surface area contributed by atoms with Crippen LogP contribution in [-0.2, 0) is 0 Å². The number of hydrazine groups is 2. The molecule has 0 aliphatic rings. The van der Waals surface area contributed by atoms with Crippen molar-refractivity contribution in [3.8, 4) is 0 Å². The van der Waals surface area contributed by atoms with Crippen LogP contribution in [0.2, 0.25) is 0 Å². The van der Waals surface area contributed by atoms with E-state index >= 15 is 0 Å². The summed E-state index contributed by atoms with van der Waals surface area (Å²) in [7, 11) is 0. The first kappa shape index (κ1) is 25.4. The second-order valence-corrected chi connectivity index (χ2v) is 6.60. The zero-order valence-corrected chi connectivity index (χ0v) is 18.6. The van der Waals surface area contributed by atoms with E-state index < -0.39 is 6.03 Å². The topological polar surface area (TPSA) is 243 Å². The monoisotopic (exact) mass is 468 g/mol. The van der Waals surface area contributed by atoms with Crippen molar-refractivity contribution in [1.82, 2.24) is 21.7 Å². The number of hydrogen-bond donors (Lipinski definition) is 10. The van der Waals surface area contributed by atoms with Gasteiger partial charge in [-0.25, -0.2) is 27.3 Å². The van der Waals surface area contributed by atoms with E-state index in [1.165, 1.54) is 0 Å². The fraction of sp³-hybridized carbons (Fsp3) is 0.105. The van der Waals surface area contributed by atoms with Crippen LogP contribution in [0.25, 0.3) is 0 Å². The number of urea groups is 1. The first-order valence-corrected chi connectivity index (χ1v) is 9.78. The predicted molar refractivity (Wildman–Crippen MR) is 134 cm³/mol. The summed E-state index contributed by atoms with van der Waals surface area (Å²) in [4.78, 5) is 12.3. The molecule has 34 heavy (non-hydrogen) atoms. The third-order valence-electron chi connectivity index (χ3n) is 4.31. The molecule has 15 heteroatoms. The highest BCUT2D eigenvalue weighted by atomic mass is 16.2. The van der Waals surface area contributed by atoms with Gasteiger partial charge < -0.3 is 22.3 Å². The van der Waals surface area contributed by atoms with Gasteiger partial charge in [-0.05, 0) is 49.2 Å². The average Bonchev–Trinajstić information content (AvgIpc) is 2.85. The van der Waals surface area contributed by atoms with E-state index in [2.05, 4.69) is 52.7 Å². The van der Waals surface area contributed by atoms with Gasteiger partial charge in [0.2, 0.25) is 11.9 Å². The largest absolute Gasteiger partial charge is 0.323 e. The van der Waals surface area contributed by atoms with Gasteiger partial charge in [0.05, 0.1) is 11.4 Å². The van der Waals surface area contributed by atoms with Crippen LogP contribution in [0.15, 0.2) is 68.9 Å². The second-order valence-electron chi connectivity index (χ2n) is 6.60. The molecule has 15 nitrogen and oxygen atoms in total. The van der Waals surface area contributed by atoms with Crippen molar-refractivity contribution in [2.24, 2.45) is 43.8 Å². The standard InChI is InChI=1S/C19H28N14O/c1-11(30-32-17(26-20)27-21)13-3-7-15(8-4-13)24-19(34)25-16-9-5-14(6-10-16)12(2)31-33-18(28-22)29-23/h3-10H,20-23H2,1-2H3,(H2,24,25,34)(H2,26,27,32)(H2,28,29,33)/b30-11+,31-12+. The number of benzene rings is 2. The number of carbonyl (C=O) groups excluding carboxylic acids is 1. The normalized spacial score (nSPS) is 12.6.